The molecule has 0 radical (unpaired) electrons. The van der Waals surface area contributed by atoms with Crippen LogP contribution in [0.1, 0.15) is 37.3 Å². The molecule has 1 aliphatic heterocycles. The van der Waals surface area contributed by atoms with Crippen LogP contribution in [0.5, 0.6) is 0 Å². The molecular formula is C17H25N5. The second-order valence-electron chi connectivity index (χ2n) is 6.16. The summed E-state index contributed by atoms with van der Waals surface area (Å²) >= 11 is 0. The highest BCUT2D eigenvalue weighted by Crippen LogP contribution is 2.17. The lowest BCUT2D eigenvalue weighted by atomic mass is 10.0. The van der Waals surface area contributed by atoms with Gasteiger partial charge in [-0.25, -0.2) is 4.98 Å². The van der Waals surface area contributed by atoms with Crippen LogP contribution < -0.4 is 5.32 Å². The molecule has 1 atom stereocenters. The maximum Gasteiger partial charge on any atom is 0.125 e. The molecule has 5 nitrogen and oxygen atoms in total. The summed E-state index contributed by atoms with van der Waals surface area (Å²) in [6.45, 7) is 5.41. The molecule has 0 spiro atoms. The molecule has 0 bridgehead atoms. The van der Waals surface area contributed by atoms with Gasteiger partial charge in [0.1, 0.15) is 5.82 Å². The van der Waals surface area contributed by atoms with Crippen molar-refractivity contribution >= 4 is 0 Å². The topological polar surface area (TPSA) is 46.0 Å². The van der Waals surface area contributed by atoms with E-state index in [1.807, 2.05) is 24.7 Å². The minimum Gasteiger partial charge on any atom is -0.337 e. The van der Waals surface area contributed by atoms with E-state index >= 15 is 0 Å². The highest BCUT2D eigenvalue weighted by Gasteiger charge is 2.22. The molecule has 3 rings (SSSR count). The zero-order chi connectivity index (χ0) is 15.4. The van der Waals surface area contributed by atoms with Crippen LogP contribution in [0.3, 0.4) is 0 Å². The Labute approximate surface area is 132 Å². The van der Waals surface area contributed by atoms with Crippen molar-refractivity contribution in [2.75, 3.05) is 13.1 Å². The number of likely N-dealkylation sites (tertiary alicyclic amines) is 1. The van der Waals surface area contributed by atoms with Crippen LogP contribution in [0.4, 0.5) is 0 Å². The normalized spacial score (nSPS) is 18.5. The zero-order valence-electron chi connectivity index (χ0n) is 13.4. The lowest BCUT2D eigenvalue weighted by Crippen LogP contribution is -2.43. The standard InChI is InChI=1S/C17H25N5/c1-14(17-19-9-12-21(17)2)20-15-6-10-22(11-7-15)13-16-5-3-4-8-18-16/h3-5,8-9,12,14-15,20H,6-7,10-11,13H2,1-2H3. The third kappa shape index (κ3) is 3.72. The third-order valence-corrected chi connectivity index (χ3v) is 4.43. The van der Waals surface area contributed by atoms with Gasteiger partial charge in [-0.15, -0.1) is 0 Å². The highest BCUT2D eigenvalue weighted by molar-refractivity contribution is 5.03. The number of nitrogens with one attached hydrogen (secondary N) is 1. The van der Waals surface area contributed by atoms with Crippen molar-refractivity contribution < 1.29 is 0 Å². The molecule has 0 saturated carbocycles. The number of rotatable bonds is 5. The first kappa shape index (κ1) is 15.2. The summed E-state index contributed by atoms with van der Waals surface area (Å²) in [5, 5.41) is 3.72. The van der Waals surface area contributed by atoms with Crippen molar-refractivity contribution in [1.29, 1.82) is 0 Å². The van der Waals surface area contributed by atoms with E-state index < -0.39 is 0 Å². The Hall–Kier alpha value is -1.72. The van der Waals surface area contributed by atoms with Crippen LogP contribution in [0, 0.1) is 0 Å². The molecule has 1 fully saturated rings. The number of nitrogens with zero attached hydrogens (tertiary/aromatic N) is 4. The second-order valence-corrected chi connectivity index (χ2v) is 6.16. The zero-order valence-corrected chi connectivity index (χ0v) is 13.4. The first-order valence-corrected chi connectivity index (χ1v) is 8.08. The van der Waals surface area contributed by atoms with Crippen molar-refractivity contribution in [2.24, 2.45) is 7.05 Å². The molecule has 2 aromatic rings. The van der Waals surface area contributed by atoms with Gasteiger partial charge in [-0.3, -0.25) is 9.88 Å². The van der Waals surface area contributed by atoms with Gasteiger partial charge in [0.25, 0.3) is 0 Å². The maximum absolute atomic E-state index is 4.43. The Morgan fingerprint density at radius 3 is 2.68 bits per heavy atom. The molecule has 118 valence electrons. The number of imidazole rings is 1. The largest absolute Gasteiger partial charge is 0.337 e. The summed E-state index contributed by atoms with van der Waals surface area (Å²) in [4.78, 5) is 11.3. The average Bonchev–Trinajstić information content (AvgIpc) is 2.96. The van der Waals surface area contributed by atoms with Gasteiger partial charge >= 0.3 is 0 Å². The number of pyridine rings is 1. The van der Waals surface area contributed by atoms with Gasteiger partial charge in [0.05, 0.1) is 11.7 Å². The molecular weight excluding hydrogens is 274 g/mol. The lowest BCUT2D eigenvalue weighted by molar-refractivity contribution is 0.182. The number of aryl methyl sites for hydroxylation is 1. The van der Waals surface area contributed by atoms with Gasteiger partial charge in [-0.1, -0.05) is 6.07 Å². The van der Waals surface area contributed by atoms with Crippen LogP contribution in [-0.2, 0) is 13.6 Å². The van der Waals surface area contributed by atoms with Crippen LogP contribution in [0.15, 0.2) is 36.8 Å². The third-order valence-electron chi connectivity index (χ3n) is 4.43. The summed E-state index contributed by atoms with van der Waals surface area (Å²) in [5.74, 6) is 1.11. The summed E-state index contributed by atoms with van der Waals surface area (Å²) in [7, 11) is 2.05. The Bertz CT molecular complexity index is 572. The SMILES string of the molecule is CC(NC1CCN(Cc2ccccn2)CC1)c1nccn1C. The monoisotopic (exact) mass is 299 g/mol. The van der Waals surface area contributed by atoms with Crippen molar-refractivity contribution in [3.8, 4) is 0 Å². The maximum atomic E-state index is 4.43. The fourth-order valence-corrected chi connectivity index (χ4v) is 3.20. The first-order chi connectivity index (χ1) is 10.7. The predicted molar refractivity (Wildman–Crippen MR) is 87.3 cm³/mol. The van der Waals surface area contributed by atoms with Crippen molar-refractivity contribution in [1.82, 2.24) is 24.8 Å². The van der Waals surface area contributed by atoms with E-state index in [4.69, 9.17) is 0 Å². The van der Waals surface area contributed by atoms with Crippen LogP contribution in [0.25, 0.3) is 0 Å². The Morgan fingerprint density at radius 1 is 1.23 bits per heavy atom. The number of hydrogen-bond acceptors (Lipinski definition) is 4. The van der Waals surface area contributed by atoms with E-state index in [2.05, 4.69) is 50.9 Å². The number of hydrogen-bond donors (Lipinski definition) is 1. The van der Waals surface area contributed by atoms with Crippen molar-refractivity contribution in [2.45, 2.75) is 38.4 Å². The van der Waals surface area contributed by atoms with Gasteiger partial charge in [-0.05, 0) is 31.9 Å². The Morgan fingerprint density at radius 2 is 2.05 bits per heavy atom. The van der Waals surface area contributed by atoms with Gasteiger partial charge in [-0.2, -0.15) is 0 Å². The minimum absolute atomic E-state index is 0.298. The molecule has 22 heavy (non-hydrogen) atoms. The molecule has 0 amide bonds. The van der Waals surface area contributed by atoms with Gasteiger partial charge in [0, 0.05) is 51.3 Å². The average molecular weight is 299 g/mol. The smallest absolute Gasteiger partial charge is 0.125 e. The molecule has 1 aliphatic rings. The van der Waals surface area contributed by atoms with Gasteiger partial charge < -0.3 is 9.88 Å². The predicted octanol–water partition coefficient (Wildman–Crippen LogP) is 2.13. The van der Waals surface area contributed by atoms with E-state index in [0.29, 0.717) is 12.1 Å². The molecule has 3 heterocycles. The van der Waals surface area contributed by atoms with Crippen LogP contribution in [-0.4, -0.2) is 38.6 Å². The van der Waals surface area contributed by atoms with E-state index in [1.165, 1.54) is 12.8 Å². The molecule has 2 aromatic heterocycles. The van der Waals surface area contributed by atoms with E-state index in [9.17, 15) is 0 Å². The first-order valence-electron chi connectivity index (χ1n) is 8.08. The van der Waals surface area contributed by atoms with E-state index in [-0.39, 0.29) is 0 Å². The Balaban J connectivity index is 1.47. The van der Waals surface area contributed by atoms with Crippen molar-refractivity contribution in [3.05, 3.63) is 48.3 Å². The van der Waals surface area contributed by atoms with Crippen LogP contribution >= 0.6 is 0 Å². The fourth-order valence-electron chi connectivity index (χ4n) is 3.20. The summed E-state index contributed by atoms with van der Waals surface area (Å²) in [6.07, 6.45) is 8.10. The van der Waals surface area contributed by atoms with Crippen molar-refractivity contribution in [3.63, 3.8) is 0 Å². The summed E-state index contributed by atoms with van der Waals surface area (Å²) in [6, 6.07) is 7.01. The lowest BCUT2D eigenvalue weighted by Gasteiger charge is -2.33. The molecule has 1 saturated heterocycles. The molecule has 1 unspecified atom stereocenters. The molecule has 5 heteroatoms. The summed E-state index contributed by atoms with van der Waals surface area (Å²) in [5.41, 5.74) is 1.16. The fraction of sp³-hybridized carbons (Fsp3) is 0.529. The molecule has 0 aliphatic carbocycles. The Kier molecular flexibility index (Phi) is 4.85. The second kappa shape index (κ2) is 7.03. The number of piperidine rings is 1. The van der Waals surface area contributed by atoms with E-state index in [0.717, 1.165) is 31.2 Å². The molecule has 0 aromatic carbocycles. The highest BCUT2D eigenvalue weighted by atomic mass is 15.2. The van der Waals surface area contributed by atoms with Gasteiger partial charge in [0.2, 0.25) is 0 Å². The number of aromatic nitrogens is 3. The quantitative estimate of drug-likeness (QED) is 0.919. The van der Waals surface area contributed by atoms with E-state index in [1.54, 1.807) is 0 Å². The van der Waals surface area contributed by atoms with Crippen LogP contribution in [0.2, 0.25) is 0 Å². The summed E-state index contributed by atoms with van der Waals surface area (Å²) < 4.78 is 2.09. The molecule has 1 N–H and O–H groups in total. The minimum atomic E-state index is 0.298. The van der Waals surface area contributed by atoms with Gasteiger partial charge in [0.15, 0.2) is 0 Å².